The number of hydrogen-bond donors (Lipinski definition) is 1. The first kappa shape index (κ1) is 15.3. The third-order valence-corrected chi connectivity index (χ3v) is 5.19. The van der Waals surface area contributed by atoms with Gasteiger partial charge in [-0.15, -0.1) is 0 Å². The number of halogens is 1. The van der Waals surface area contributed by atoms with E-state index in [4.69, 9.17) is 0 Å². The molecule has 2 atom stereocenters. The first-order valence-electron chi connectivity index (χ1n) is 7.28. The largest absolute Gasteiger partial charge is 0.389 e. The molecule has 0 heterocycles. The summed E-state index contributed by atoms with van der Waals surface area (Å²) < 4.78 is 1.25. The lowest BCUT2D eigenvalue weighted by atomic mass is 9.62. The van der Waals surface area contributed by atoms with Gasteiger partial charge in [0.05, 0.1) is 5.60 Å². The quantitative estimate of drug-likeness (QED) is 0.740. The molecule has 1 aliphatic carbocycles. The minimum Gasteiger partial charge on any atom is -0.389 e. The van der Waals surface area contributed by atoms with Crippen molar-refractivity contribution in [2.24, 2.45) is 11.3 Å². The zero-order valence-electron chi connectivity index (χ0n) is 12.2. The van der Waals surface area contributed by atoms with Crippen LogP contribution in [-0.4, -0.2) is 10.7 Å². The molecular formula is C17H25IO. The summed E-state index contributed by atoms with van der Waals surface area (Å²) in [5.41, 5.74) is 0.917. The number of benzene rings is 1. The molecule has 1 N–H and O–H groups in total. The van der Waals surface area contributed by atoms with Gasteiger partial charge < -0.3 is 5.11 Å². The Morgan fingerprint density at radius 3 is 2.42 bits per heavy atom. The van der Waals surface area contributed by atoms with Crippen LogP contribution in [0.1, 0.15) is 52.0 Å². The maximum atomic E-state index is 11.2. The molecule has 0 amide bonds. The van der Waals surface area contributed by atoms with E-state index in [2.05, 4.69) is 67.6 Å². The van der Waals surface area contributed by atoms with Crippen LogP contribution >= 0.6 is 22.6 Å². The van der Waals surface area contributed by atoms with E-state index in [-0.39, 0.29) is 5.41 Å². The summed E-state index contributed by atoms with van der Waals surface area (Å²) in [7, 11) is 0. The van der Waals surface area contributed by atoms with Crippen molar-refractivity contribution in [2.75, 3.05) is 0 Å². The van der Waals surface area contributed by atoms with Crippen molar-refractivity contribution in [2.45, 2.75) is 58.5 Å². The van der Waals surface area contributed by atoms with E-state index in [1.165, 1.54) is 15.6 Å². The molecule has 1 fully saturated rings. The Morgan fingerprint density at radius 2 is 1.84 bits per heavy atom. The fourth-order valence-electron chi connectivity index (χ4n) is 3.63. The smallest absolute Gasteiger partial charge is 0.0720 e. The lowest BCUT2D eigenvalue weighted by molar-refractivity contribution is -0.0889. The molecule has 0 saturated heterocycles. The molecule has 2 rings (SSSR count). The van der Waals surface area contributed by atoms with Gasteiger partial charge in [0.1, 0.15) is 0 Å². The molecule has 0 spiro atoms. The van der Waals surface area contributed by atoms with Crippen molar-refractivity contribution in [3.8, 4) is 0 Å². The fourth-order valence-corrected chi connectivity index (χ4v) is 3.99. The van der Waals surface area contributed by atoms with Gasteiger partial charge in [-0.05, 0) is 64.5 Å². The molecule has 0 radical (unpaired) electrons. The molecule has 1 aromatic rings. The molecule has 1 aliphatic rings. The highest BCUT2D eigenvalue weighted by Crippen LogP contribution is 2.45. The maximum Gasteiger partial charge on any atom is 0.0720 e. The Bertz CT molecular complexity index is 418. The van der Waals surface area contributed by atoms with Gasteiger partial charge in [-0.25, -0.2) is 0 Å². The Hall–Kier alpha value is -0.0900. The van der Waals surface area contributed by atoms with Crippen molar-refractivity contribution in [3.05, 3.63) is 33.4 Å². The van der Waals surface area contributed by atoms with Gasteiger partial charge in [0.25, 0.3) is 0 Å². The molecule has 2 unspecified atom stereocenters. The first-order chi connectivity index (χ1) is 8.81. The van der Waals surface area contributed by atoms with E-state index in [1.54, 1.807) is 0 Å². The minimum atomic E-state index is -0.525. The molecule has 1 nitrogen and oxygen atoms in total. The average Bonchev–Trinajstić information content (AvgIpc) is 2.31. The first-order valence-corrected chi connectivity index (χ1v) is 8.36. The van der Waals surface area contributed by atoms with Crippen LogP contribution in [0, 0.1) is 14.9 Å². The number of aliphatic hydroxyl groups is 1. The van der Waals surface area contributed by atoms with Crippen LogP contribution in [0.3, 0.4) is 0 Å². The molecular weight excluding hydrogens is 347 g/mol. The SMILES string of the molecule is CC(C)(C)C1CCCCC1(O)Cc1ccc(I)cc1. The summed E-state index contributed by atoms with van der Waals surface area (Å²) in [6.45, 7) is 6.80. The van der Waals surface area contributed by atoms with E-state index in [1.807, 2.05) is 0 Å². The van der Waals surface area contributed by atoms with Gasteiger partial charge in [0.2, 0.25) is 0 Å². The van der Waals surface area contributed by atoms with Crippen molar-refractivity contribution >= 4 is 22.6 Å². The van der Waals surface area contributed by atoms with Crippen LogP contribution in [0.5, 0.6) is 0 Å². The van der Waals surface area contributed by atoms with Crippen molar-refractivity contribution in [1.29, 1.82) is 0 Å². The standard InChI is InChI=1S/C17H25IO/c1-16(2,3)15-6-4-5-11-17(15,19)12-13-7-9-14(18)10-8-13/h7-10,15,19H,4-6,11-12H2,1-3H3. The topological polar surface area (TPSA) is 20.2 Å². The summed E-state index contributed by atoms with van der Waals surface area (Å²) in [4.78, 5) is 0. The number of hydrogen-bond acceptors (Lipinski definition) is 1. The molecule has 1 aromatic carbocycles. The second-order valence-corrected chi connectivity index (χ2v) is 8.32. The highest BCUT2D eigenvalue weighted by Gasteiger charge is 2.44. The normalized spacial score (nSPS) is 28.4. The van der Waals surface area contributed by atoms with Gasteiger partial charge in [0.15, 0.2) is 0 Å². The predicted molar refractivity (Wildman–Crippen MR) is 89.2 cm³/mol. The third-order valence-electron chi connectivity index (χ3n) is 4.47. The fraction of sp³-hybridized carbons (Fsp3) is 0.647. The van der Waals surface area contributed by atoms with Gasteiger partial charge >= 0.3 is 0 Å². The lowest BCUT2D eigenvalue weighted by Gasteiger charge is -2.47. The molecule has 0 bridgehead atoms. The van der Waals surface area contributed by atoms with E-state index in [9.17, 15) is 5.11 Å². The number of rotatable bonds is 2. The monoisotopic (exact) mass is 372 g/mol. The zero-order chi connectivity index (χ0) is 14.1. The van der Waals surface area contributed by atoms with Crippen molar-refractivity contribution in [1.82, 2.24) is 0 Å². The van der Waals surface area contributed by atoms with Crippen LogP contribution < -0.4 is 0 Å². The second kappa shape index (κ2) is 5.72. The predicted octanol–water partition coefficient (Wildman–Crippen LogP) is 4.80. The van der Waals surface area contributed by atoms with Gasteiger partial charge in [-0.2, -0.15) is 0 Å². The zero-order valence-corrected chi connectivity index (χ0v) is 14.4. The Morgan fingerprint density at radius 1 is 1.21 bits per heavy atom. The summed E-state index contributed by atoms with van der Waals surface area (Å²) in [5, 5.41) is 11.2. The summed E-state index contributed by atoms with van der Waals surface area (Å²) in [5.74, 6) is 0.396. The van der Waals surface area contributed by atoms with Crippen molar-refractivity contribution < 1.29 is 5.11 Å². The van der Waals surface area contributed by atoms with Gasteiger partial charge in [-0.1, -0.05) is 45.7 Å². The second-order valence-electron chi connectivity index (χ2n) is 7.07. The molecule has 0 aromatic heterocycles. The highest BCUT2D eigenvalue weighted by molar-refractivity contribution is 14.1. The van der Waals surface area contributed by atoms with E-state index < -0.39 is 5.60 Å². The van der Waals surface area contributed by atoms with Crippen LogP contribution in [-0.2, 0) is 6.42 Å². The summed E-state index contributed by atoms with van der Waals surface area (Å²) >= 11 is 2.33. The van der Waals surface area contributed by atoms with Crippen LogP contribution in [0.25, 0.3) is 0 Å². The molecule has 0 aliphatic heterocycles. The van der Waals surface area contributed by atoms with E-state index in [0.717, 1.165) is 25.7 Å². The van der Waals surface area contributed by atoms with E-state index >= 15 is 0 Å². The maximum absolute atomic E-state index is 11.2. The van der Waals surface area contributed by atoms with Gasteiger partial charge in [0, 0.05) is 9.99 Å². The summed E-state index contributed by atoms with van der Waals surface area (Å²) in [6, 6.07) is 8.59. The van der Waals surface area contributed by atoms with Crippen molar-refractivity contribution in [3.63, 3.8) is 0 Å². The van der Waals surface area contributed by atoms with Crippen LogP contribution in [0.15, 0.2) is 24.3 Å². The molecule has 106 valence electrons. The van der Waals surface area contributed by atoms with Crippen LogP contribution in [0.2, 0.25) is 0 Å². The molecule has 19 heavy (non-hydrogen) atoms. The minimum absolute atomic E-state index is 0.179. The highest BCUT2D eigenvalue weighted by atomic mass is 127. The average molecular weight is 372 g/mol. The Labute approximate surface area is 130 Å². The third kappa shape index (κ3) is 3.72. The molecule has 2 heteroatoms. The van der Waals surface area contributed by atoms with Crippen LogP contribution in [0.4, 0.5) is 0 Å². The Balaban J connectivity index is 2.21. The Kier molecular flexibility index (Phi) is 4.61. The van der Waals surface area contributed by atoms with E-state index in [0.29, 0.717) is 5.92 Å². The lowest BCUT2D eigenvalue weighted by Crippen LogP contribution is -2.48. The van der Waals surface area contributed by atoms with Gasteiger partial charge in [-0.3, -0.25) is 0 Å². The summed E-state index contributed by atoms with van der Waals surface area (Å²) in [6.07, 6.45) is 5.32. The molecule has 1 saturated carbocycles.